The highest BCUT2D eigenvalue weighted by atomic mass is 35.5. The molecule has 1 aliphatic heterocycles. The van der Waals surface area contributed by atoms with E-state index in [2.05, 4.69) is 31.2 Å². The fourth-order valence-corrected chi connectivity index (χ4v) is 4.64. The third-order valence-corrected chi connectivity index (χ3v) is 6.18. The fraction of sp³-hybridized carbons (Fsp3) is 0.320. The third kappa shape index (κ3) is 4.59. The van der Waals surface area contributed by atoms with Crippen LogP contribution in [0, 0.1) is 0 Å². The highest BCUT2D eigenvalue weighted by Crippen LogP contribution is 2.35. The Hall–Kier alpha value is -3.52. The number of H-pyrrole nitrogens is 1. The van der Waals surface area contributed by atoms with Gasteiger partial charge < -0.3 is 19.5 Å². The SMILES string of the molecule is COc1ccc2c(c1)CCN(C(=O)c1cc(=O)[nH]o1)C2C(=O)Nc1ccc(C(C)(C)C)c(Cl)c1. The number of ether oxygens (including phenoxy) is 1. The zero-order chi connectivity index (χ0) is 24.6. The second-order valence-corrected chi connectivity index (χ2v) is 9.63. The van der Waals surface area contributed by atoms with Crippen LogP contribution < -0.4 is 15.6 Å². The van der Waals surface area contributed by atoms with Crippen molar-refractivity contribution >= 4 is 29.1 Å². The highest BCUT2D eigenvalue weighted by Gasteiger charge is 2.38. The van der Waals surface area contributed by atoms with E-state index in [0.29, 0.717) is 28.4 Å². The van der Waals surface area contributed by atoms with Crippen molar-refractivity contribution in [2.24, 2.45) is 0 Å². The highest BCUT2D eigenvalue weighted by molar-refractivity contribution is 6.31. The predicted octanol–water partition coefficient (Wildman–Crippen LogP) is 4.31. The van der Waals surface area contributed by atoms with Crippen LogP contribution in [0.2, 0.25) is 5.02 Å². The van der Waals surface area contributed by atoms with Gasteiger partial charge in [-0.05, 0) is 52.8 Å². The van der Waals surface area contributed by atoms with Gasteiger partial charge in [0.25, 0.3) is 17.4 Å². The van der Waals surface area contributed by atoms with Crippen molar-refractivity contribution in [3.05, 3.63) is 80.3 Å². The van der Waals surface area contributed by atoms with Crippen LogP contribution in [0.5, 0.6) is 5.75 Å². The number of amides is 2. The lowest BCUT2D eigenvalue weighted by Crippen LogP contribution is -2.45. The molecule has 178 valence electrons. The molecule has 4 rings (SSSR count). The zero-order valence-corrected chi connectivity index (χ0v) is 20.2. The number of methoxy groups -OCH3 is 1. The first-order chi connectivity index (χ1) is 16.1. The minimum Gasteiger partial charge on any atom is -0.497 e. The van der Waals surface area contributed by atoms with Crippen LogP contribution in [0.25, 0.3) is 0 Å². The molecule has 2 N–H and O–H groups in total. The van der Waals surface area contributed by atoms with Crippen LogP contribution >= 0.6 is 11.6 Å². The van der Waals surface area contributed by atoms with Crippen LogP contribution in [0.3, 0.4) is 0 Å². The van der Waals surface area contributed by atoms with E-state index >= 15 is 0 Å². The van der Waals surface area contributed by atoms with E-state index in [-0.39, 0.29) is 17.7 Å². The second-order valence-electron chi connectivity index (χ2n) is 9.23. The normalized spacial score (nSPS) is 15.6. The Balaban J connectivity index is 1.70. The average molecular weight is 484 g/mol. The van der Waals surface area contributed by atoms with Gasteiger partial charge >= 0.3 is 0 Å². The molecule has 9 heteroatoms. The molecule has 1 aliphatic rings. The third-order valence-electron chi connectivity index (χ3n) is 5.87. The summed E-state index contributed by atoms with van der Waals surface area (Å²) in [6.45, 7) is 6.43. The number of benzene rings is 2. The molecule has 0 aliphatic carbocycles. The summed E-state index contributed by atoms with van der Waals surface area (Å²) in [5, 5.41) is 5.56. The van der Waals surface area contributed by atoms with Gasteiger partial charge in [-0.25, -0.2) is 0 Å². The van der Waals surface area contributed by atoms with Gasteiger partial charge in [-0.3, -0.25) is 14.4 Å². The number of rotatable bonds is 4. The quantitative estimate of drug-likeness (QED) is 0.575. The van der Waals surface area contributed by atoms with E-state index in [1.54, 1.807) is 31.4 Å². The van der Waals surface area contributed by atoms with Crippen molar-refractivity contribution in [2.45, 2.75) is 38.6 Å². The van der Waals surface area contributed by atoms with Crippen LogP contribution in [0.1, 0.15) is 54.1 Å². The summed E-state index contributed by atoms with van der Waals surface area (Å²) in [4.78, 5) is 39.6. The van der Waals surface area contributed by atoms with Gasteiger partial charge in [0, 0.05) is 17.3 Å². The number of fused-ring (bicyclic) bond motifs is 1. The lowest BCUT2D eigenvalue weighted by molar-refractivity contribution is -0.121. The standard InChI is InChI=1S/C25H26ClN3O5/c1-25(2,3)18-8-5-15(12-19(18)26)27-23(31)22-17-7-6-16(33-4)11-14(17)9-10-29(22)24(32)20-13-21(30)28-34-20/h5-8,11-13,22H,9-10H2,1-4H3,(H,27,31)(H,28,30). The Labute approximate surface area is 201 Å². The molecule has 1 unspecified atom stereocenters. The van der Waals surface area contributed by atoms with Gasteiger partial charge in [0.15, 0.2) is 0 Å². The number of aromatic amines is 1. The molecule has 1 atom stereocenters. The van der Waals surface area contributed by atoms with Crippen molar-refractivity contribution in [3.8, 4) is 5.75 Å². The molecule has 2 aromatic carbocycles. The summed E-state index contributed by atoms with van der Waals surface area (Å²) < 4.78 is 10.3. The van der Waals surface area contributed by atoms with E-state index in [0.717, 1.165) is 17.2 Å². The number of hydrogen-bond acceptors (Lipinski definition) is 5. The monoisotopic (exact) mass is 483 g/mol. The summed E-state index contributed by atoms with van der Waals surface area (Å²) in [5.74, 6) is -0.450. The predicted molar refractivity (Wildman–Crippen MR) is 129 cm³/mol. The minimum absolute atomic E-state index is 0.148. The topological polar surface area (TPSA) is 105 Å². The Kier molecular flexibility index (Phi) is 6.27. The molecule has 0 spiro atoms. The zero-order valence-electron chi connectivity index (χ0n) is 19.4. The first kappa shape index (κ1) is 23.6. The van der Waals surface area contributed by atoms with Crippen molar-refractivity contribution in [1.82, 2.24) is 10.1 Å². The number of halogens is 1. The molecule has 34 heavy (non-hydrogen) atoms. The first-order valence-electron chi connectivity index (χ1n) is 10.9. The Morgan fingerprint density at radius 1 is 1.18 bits per heavy atom. The fourth-order valence-electron chi connectivity index (χ4n) is 4.17. The Morgan fingerprint density at radius 2 is 1.94 bits per heavy atom. The van der Waals surface area contributed by atoms with Crippen LogP contribution in [0.4, 0.5) is 5.69 Å². The van der Waals surface area contributed by atoms with Gasteiger partial charge in [-0.2, -0.15) is 5.16 Å². The molecule has 1 aromatic heterocycles. The summed E-state index contributed by atoms with van der Waals surface area (Å²) in [6.07, 6.45) is 0.517. The molecule has 0 radical (unpaired) electrons. The maximum atomic E-state index is 13.5. The molecular formula is C25H26ClN3O5. The summed E-state index contributed by atoms with van der Waals surface area (Å²) >= 11 is 6.48. The van der Waals surface area contributed by atoms with Gasteiger partial charge in [0.1, 0.15) is 11.8 Å². The number of aromatic nitrogens is 1. The molecule has 0 saturated heterocycles. The number of nitrogens with zero attached hydrogens (tertiary/aromatic N) is 1. The van der Waals surface area contributed by atoms with Crippen molar-refractivity contribution in [2.75, 3.05) is 19.0 Å². The largest absolute Gasteiger partial charge is 0.497 e. The minimum atomic E-state index is -0.941. The average Bonchev–Trinajstić information content (AvgIpc) is 3.22. The van der Waals surface area contributed by atoms with Gasteiger partial charge in [0.2, 0.25) is 5.76 Å². The van der Waals surface area contributed by atoms with Crippen molar-refractivity contribution in [3.63, 3.8) is 0 Å². The number of anilines is 1. The van der Waals surface area contributed by atoms with E-state index < -0.39 is 23.4 Å². The number of carbonyl (C=O) groups is 2. The van der Waals surface area contributed by atoms with Crippen molar-refractivity contribution < 1.29 is 18.8 Å². The number of hydrogen-bond donors (Lipinski definition) is 2. The molecule has 0 saturated carbocycles. The van der Waals surface area contributed by atoms with Crippen LogP contribution in [-0.2, 0) is 16.6 Å². The molecular weight excluding hydrogens is 458 g/mol. The molecule has 3 aromatic rings. The maximum Gasteiger partial charge on any atom is 0.293 e. The van der Waals surface area contributed by atoms with E-state index in [1.165, 1.54) is 4.90 Å². The lowest BCUT2D eigenvalue weighted by atomic mass is 9.87. The summed E-state index contributed by atoms with van der Waals surface area (Å²) in [7, 11) is 1.57. The van der Waals surface area contributed by atoms with Crippen LogP contribution in [-0.4, -0.2) is 35.5 Å². The van der Waals surface area contributed by atoms with Gasteiger partial charge in [-0.1, -0.05) is 44.5 Å². The summed E-state index contributed by atoms with van der Waals surface area (Å²) in [5.41, 5.74) is 2.38. The lowest BCUT2D eigenvalue weighted by Gasteiger charge is -2.36. The van der Waals surface area contributed by atoms with E-state index in [4.69, 9.17) is 20.9 Å². The maximum absolute atomic E-state index is 13.5. The Morgan fingerprint density at radius 3 is 2.56 bits per heavy atom. The van der Waals surface area contributed by atoms with Crippen molar-refractivity contribution in [1.29, 1.82) is 0 Å². The molecule has 2 heterocycles. The number of carbonyl (C=O) groups excluding carboxylic acids is 2. The van der Waals surface area contributed by atoms with E-state index in [1.807, 2.05) is 12.1 Å². The van der Waals surface area contributed by atoms with Gasteiger partial charge in [0.05, 0.1) is 13.2 Å². The smallest absolute Gasteiger partial charge is 0.293 e. The second kappa shape index (κ2) is 9.02. The molecule has 2 amide bonds. The number of nitrogens with one attached hydrogen (secondary N) is 2. The molecule has 0 fully saturated rings. The molecule has 0 bridgehead atoms. The van der Waals surface area contributed by atoms with E-state index in [9.17, 15) is 14.4 Å². The van der Waals surface area contributed by atoms with Crippen LogP contribution in [0.15, 0.2) is 51.8 Å². The first-order valence-corrected chi connectivity index (χ1v) is 11.2. The molecule has 8 nitrogen and oxygen atoms in total. The van der Waals surface area contributed by atoms with Gasteiger partial charge in [-0.15, -0.1) is 0 Å². The summed E-state index contributed by atoms with van der Waals surface area (Å²) in [6, 6.07) is 10.9. The Bertz CT molecular complexity index is 1300.